The molecule has 1 aromatic carbocycles. The number of hydrogen-bond acceptors (Lipinski definition) is 5. The van der Waals surface area contributed by atoms with E-state index in [1.807, 2.05) is 51.1 Å². The van der Waals surface area contributed by atoms with Crippen LogP contribution >= 0.6 is 0 Å². The van der Waals surface area contributed by atoms with Crippen LogP contribution in [0.4, 0.5) is 4.79 Å². The van der Waals surface area contributed by atoms with E-state index in [4.69, 9.17) is 15.3 Å². The van der Waals surface area contributed by atoms with Gasteiger partial charge in [0.1, 0.15) is 31.2 Å². The van der Waals surface area contributed by atoms with Crippen LogP contribution in [-0.4, -0.2) is 35.3 Å². The lowest BCUT2D eigenvalue weighted by Gasteiger charge is -2.24. The Balaban J connectivity index is 1.90. The van der Waals surface area contributed by atoms with E-state index in [0.717, 1.165) is 5.56 Å². The molecule has 2 rings (SSSR count). The van der Waals surface area contributed by atoms with Gasteiger partial charge < -0.3 is 9.47 Å². The number of carbonyl (C=O) groups excluding carboxylic acids is 2. The van der Waals surface area contributed by atoms with Gasteiger partial charge in [-0.05, 0) is 26.3 Å². The van der Waals surface area contributed by atoms with Gasteiger partial charge in [0.25, 0.3) is 0 Å². The van der Waals surface area contributed by atoms with Gasteiger partial charge in [0.2, 0.25) is 0 Å². The molecule has 1 unspecified atom stereocenters. The maximum atomic E-state index is 12.3. The van der Waals surface area contributed by atoms with Crippen molar-refractivity contribution in [1.29, 1.82) is 0 Å². The number of likely N-dealkylation sites (tertiary alicyclic amines) is 1. The minimum atomic E-state index is -0.544. The smallest absolute Gasteiger partial charge is 0.460 e. The number of carbonyl (C=O) groups is 2. The minimum absolute atomic E-state index is 0.175. The molecule has 1 aromatic rings. The number of rotatable bonds is 3. The molecule has 6 nitrogen and oxygen atoms in total. The Morgan fingerprint density at radius 3 is 2.52 bits per heavy atom. The Morgan fingerprint density at radius 1 is 1.26 bits per heavy atom. The molecule has 0 aliphatic carbocycles. The standard InChI is InChI=1S/C17H25N2O4/c1-17(2,3)23-15(20)14-9-10-19(18,11-14)16(21)22-12-13-7-5-4-6-8-13/h4-8,14H,9-12,18H2,1-3H3/q+1/t14-,19?/m0/s1. The molecule has 1 fully saturated rings. The fourth-order valence-corrected chi connectivity index (χ4v) is 2.55. The average Bonchev–Trinajstić information content (AvgIpc) is 2.88. The third-order valence-electron chi connectivity index (χ3n) is 3.73. The minimum Gasteiger partial charge on any atom is -0.460 e. The number of esters is 1. The van der Waals surface area contributed by atoms with Gasteiger partial charge in [-0.3, -0.25) is 4.79 Å². The quantitative estimate of drug-likeness (QED) is 0.400. The van der Waals surface area contributed by atoms with Crippen LogP contribution in [0, 0.1) is 5.92 Å². The third kappa shape index (κ3) is 4.77. The topological polar surface area (TPSA) is 78.6 Å². The van der Waals surface area contributed by atoms with E-state index in [-0.39, 0.29) is 29.6 Å². The Kier molecular flexibility index (Phi) is 5.06. The normalized spacial score (nSPS) is 24.3. The highest BCUT2D eigenvalue weighted by molar-refractivity contribution is 5.74. The lowest BCUT2D eigenvalue weighted by Crippen LogP contribution is -2.57. The Morgan fingerprint density at radius 2 is 1.91 bits per heavy atom. The Hall–Kier alpha value is -1.92. The van der Waals surface area contributed by atoms with Crippen molar-refractivity contribution in [2.45, 2.75) is 39.4 Å². The lowest BCUT2D eigenvalue weighted by atomic mass is 10.1. The molecule has 126 valence electrons. The first-order valence-electron chi connectivity index (χ1n) is 7.79. The van der Waals surface area contributed by atoms with Crippen LogP contribution in [0.3, 0.4) is 0 Å². The molecule has 0 spiro atoms. The summed E-state index contributed by atoms with van der Waals surface area (Å²) in [5, 5.41) is 0. The van der Waals surface area contributed by atoms with Gasteiger partial charge in [-0.15, -0.1) is 4.59 Å². The number of nitrogens with zero attached hydrogens (tertiary/aromatic N) is 1. The first-order chi connectivity index (χ1) is 10.7. The average molecular weight is 321 g/mol. The summed E-state index contributed by atoms with van der Waals surface area (Å²) in [7, 11) is 0. The molecule has 23 heavy (non-hydrogen) atoms. The zero-order valence-corrected chi connectivity index (χ0v) is 14.0. The summed E-state index contributed by atoms with van der Waals surface area (Å²) < 4.78 is 10.3. The summed E-state index contributed by atoms with van der Waals surface area (Å²) in [5.74, 6) is 5.44. The lowest BCUT2D eigenvalue weighted by molar-refractivity contribution is -0.858. The number of hydrogen-bond donors (Lipinski definition) is 1. The summed E-state index contributed by atoms with van der Waals surface area (Å²) in [6.07, 6.45) is 0.00572. The highest BCUT2D eigenvalue weighted by atomic mass is 16.6. The summed E-state index contributed by atoms with van der Waals surface area (Å²) >= 11 is 0. The highest BCUT2D eigenvalue weighted by Gasteiger charge is 2.48. The fraction of sp³-hybridized carbons (Fsp3) is 0.529. The highest BCUT2D eigenvalue weighted by Crippen LogP contribution is 2.25. The molecule has 2 atom stereocenters. The molecule has 6 heteroatoms. The first-order valence-corrected chi connectivity index (χ1v) is 7.79. The van der Waals surface area contributed by atoms with E-state index in [0.29, 0.717) is 13.0 Å². The summed E-state index contributed by atoms with van der Waals surface area (Å²) in [5.41, 5.74) is 0.355. The maximum absolute atomic E-state index is 12.3. The van der Waals surface area contributed by atoms with Crippen LogP contribution in [0.1, 0.15) is 32.8 Å². The molecule has 0 bridgehead atoms. The fourth-order valence-electron chi connectivity index (χ4n) is 2.55. The number of ether oxygens (including phenoxy) is 2. The molecule has 1 aliphatic heterocycles. The second kappa shape index (κ2) is 6.68. The van der Waals surface area contributed by atoms with Crippen LogP contribution in [0.25, 0.3) is 0 Å². The molecular formula is C17H25N2O4+. The second-order valence-corrected chi connectivity index (χ2v) is 7.00. The van der Waals surface area contributed by atoms with E-state index in [2.05, 4.69) is 0 Å². The summed E-state index contributed by atoms with van der Waals surface area (Å²) in [6.45, 7) is 6.21. The summed E-state index contributed by atoms with van der Waals surface area (Å²) in [4.78, 5) is 24.4. The SMILES string of the molecule is CC(C)(C)OC(=O)[C@H]1CC[N+](N)(C(=O)OCc2ccccc2)C1. The van der Waals surface area contributed by atoms with Crippen molar-refractivity contribution in [2.75, 3.05) is 13.1 Å². The predicted molar refractivity (Wildman–Crippen MR) is 84.8 cm³/mol. The number of quaternary nitrogens is 1. The van der Waals surface area contributed by atoms with E-state index >= 15 is 0 Å². The predicted octanol–water partition coefficient (Wildman–Crippen LogP) is 2.38. The van der Waals surface area contributed by atoms with Gasteiger partial charge in [-0.2, -0.15) is 10.6 Å². The molecule has 1 heterocycles. The van der Waals surface area contributed by atoms with Crippen molar-refractivity contribution < 1.29 is 23.7 Å². The molecular weight excluding hydrogens is 296 g/mol. The zero-order chi connectivity index (χ0) is 17.1. The largest absolute Gasteiger partial charge is 0.536 e. The molecule has 0 aromatic heterocycles. The zero-order valence-electron chi connectivity index (χ0n) is 14.0. The van der Waals surface area contributed by atoms with Crippen molar-refractivity contribution in [2.24, 2.45) is 11.8 Å². The van der Waals surface area contributed by atoms with Crippen molar-refractivity contribution in [3.05, 3.63) is 35.9 Å². The van der Waals surface area contributed by atoms with Crippen LogP contribution in [0.2, 0.25) is 0 Å². The van der Waals surface area contributed by atoms with Crippen LogP contribution in [0.5, 0.6) is 0 Å². The Bertz CT molecular complexity index is 568. The van der Waals surface area contributed by atoms with Crippen molar-refractivity contribution in [3.63, 3.8) is 0 Å². The first kappa shape index (κ1) is 17.4. The number of nitrogens with two attached hydrogens (primary N) is 1. The van der Waals surface area contributed by atoms with E-state index < -0.39 is 11.7 Å². The Labute approximate surface area is 136 Å². The number of amides is 1. The van der Waals surface area contributed by atoms with E-state index in [1.165, 1.54) is 0 Å². The number of benzene rings is 1. The van der Waals surface area contributed by atoms with Gasteiger partial charge in [-0.1, -0.05) is 30.3 Å². The van der Waals surface area contributed by atoms with Crippen LogP contribution in [0.15, 0.2) is 30.3 Å². The van der Waals surface area contributed by atoms with Crippen molar-refractivity contribution in [3.8, 4) is 0 Å². The monoisotopic (exact) mass is 321 g/mol. The van der Waals surface area contributed by atoms with Crippen molar-refractivity contribution >= 4 is 12.1 Å². The van der Waals surface area contributed by atoms with E-state index in [1.54, 1.807) is 0 Å². The maximum Gasteiger partial charge on any atom is 0.536 e. The molecule has 2 N–H and O–H groups in total. The van der Waals surface area contributed by atoms with Gasteiger partial charge >= 0.3 is 12.1 Å². The third-order valence-corrected chi connectivity index (χ3v) is 3.73. The van der Waals surface area contributed by atoms with Gasteiger partial charge in [0.05, 0.1) is 0 Å². The summed E-state index contributed by atoms with van der Waals surface area (Å²) in [6, 6.07) is 9.41. The molecule has 0 radical (unpaired) electrons. The van der Waals surface area contributed by atoms with Gasteiger partial charge in [-0.25, -0.2) is 0 Å². The molecule has 0 saturated carbocycles. The van der Waals surface area contributed by atoms with Crippen LogP contribution in [-0.2, 0) is 20.9 Å². The van der Waals surface area contributed by atoms with Crippen LogP contribution < -0.4 is 5.84 Å². The van der Waals surface area contributed by atoms with Gasteiger partial charge in [0.15, 0.2) is 0 Å². The van der Waals surface area contributed by atoms with Crippen molar-refractivity contribution in [1.82, 2.24) is 0 Å². The van der Waals surface area contributed by atoms with E-state index in [9.17, 15) is 9.59 Å². The molecule has 1 saturated heterocycles. The second-order valence-electron chi connectivity index (χ2n) is 7.00. The molecule has 1 aliphatic rings. The van der Waals surface area contributed by atoms with Gasteiger partial charge in [0, 0.05) is 6.42 Å². The molecule has 1 amide bonds.